The van der Waals surface area contributed by atoms with Crippen LogP contribution in [0.1, 0.15) is 105 Å². The van der Waals surface area contributed by atoms with Gasteiger partial charge in [0.1, 0.15) is 0 Å². The topological polar surface area (TPSA) is 40.5 Å². The molecule has 0 spiro atoms. The Kier molecular flexibility index (Phi) is 5.95. The minimum absolute atomic E-state index is 0.112. The molecule has 28 heavy (non-hydrogen) atoms. The molecule has 0 heterocycles. The number of rotatable bonds is 5. The van der Waals surface area contributed by atoms with E-state index in [0.717, 1.165) is 54.8 Å². The first-order chi connectivity index (χ1) is 13.2. The summed E-state index contributed by atoms with van der Waals surface area (Å²) < 4.78 is 0. The third-order valence-corrected chi connectivity index (χ3v) is 10.3. The largest absolute Gasteiger partial charge is 0.393 e. The van der Waals surface area contributed by atoms with Crippen molar-refractivity contribution in [3.8, 4) is 0 Å². The second kappa shape index (κ2) is 7.88. The number of aliphatic hydroxyl groups excluding tert-OH is 1. The lowest BCUT2D eigenvalue weighted by atomic mass is 9.49. The van der Waals surface area contributed by atoms with Crippen molar-refractivity contribution in [2.24, 2.45) is 46.8 Å². The summed E-state index contributed by atoms with van der Waals surface area (Å²) >= 11 is 0. The lowest BCUT2D eigenvalue weighted by Crippen LogP contribution is -2.50. The maximum atomic E-state index is 10.6. The van der Waals surface area contributed by atoms with Crippen molar-refractivity contribution >= 4 is 0 Å². The van der Waals surface area contributed by atoms with E-state index in [2.05, 4.69) is 27.7 Å². The van der Waals surface area contributed by atoms with Gasteiger partial charge in [0.15, 0.2) is 0 Å². The van der Waals surface area contributed by atoms with Crippen LogP contribution in [-0.2, 0) is 0 Å². The summed E-state index contributed by atoms with van der Waals surface area (Å²) in [4.78, 5) is 0. The Bertz CT molecular complexity index is 541. The summed E-state index contributed by atoms with van der Waals surface area (Å²) in [7, 11) is 0. The average molecular weight is 391 g/mol. The maximum Gasteiger partial charge on any atom is 0.0622 e. The van der Waals surface area contributed by atoms with Gasteiger partial charge < -0.3 is 10.2 Å². The van der Waals surface area contributed by atoms with E-state index in [1.54, 1.807) is 0 Å². The minimum Gasteiger partial charge on any atom is -0.393 e. The highest BCUT2D eigenvalue weighted by atomic mass is 16.3. The summed E-state index contributed by atoms with van der Waals surface area (Å²) in [6.07, 6.45) is 15.4. The third kappa shape index (κ3) is 3.82. The van der Waals surface area contributed by atoms with Crippen molar-refractivity contribution in [3.05, 3.63) is 0 Å². The molecule has 4 rings (SSSR count). The van der Waals surface area contributed by atoms with Gasteiger partial charge in [-0.3, -0.25) is 0 Å². The molecule has 162 valence electrons. The molecule has 2 heteroatoms. The summed E-state index contributed by atoms with van der Waals surface area (Å²) in [6, 6.07) is 0. The van der Waals surface area contributed by atoms with Gasteiger partial charge in [0.05, 0.1) is 11.7 Å². The maximum absolute atomic E-state index is 10.6. The van der Waals surface area contributed by atoms with E-state index in [9.17, 15) is 10.2 Å². The van der Waals surface area contributed by atoms with Crippen molar-refractivity contribution in [1.82, 2.24) is 0 Å². The Morgan fingerprint density at radius 1 is 0.893 bits per heavy atom. The van der Waals surface area contributed by atoms with E-state index in [-0.39, 0.29) is 6.10 Å². The van der Waals surface area contributed by atoms with Crippen LogP contribution in [-0.4, -0.2) is 21.9 Å². The van der Waals surface area contributed by atoms with Gasteiger partial charge in [0.25, 0.3) is 0 Å². The summed E-state index contributed by atoms with van der Waals surface area (Å²) in [6.45, 7) is 8.99. The predicted octanol–water partition coefficient (Wildman–Crippen LogP) is 6.19. The molecule has 2 N–H and O–H groups in total. The molecule has 0 aromatic heterocycles. The predicted molar refractivity (Wildman–Crippen MR) is 116 cm³/mol. The lowest BCUT2D eigenvalue weighted by Gasteiger charge is -2.57. The molecular weight excluding hydrogens is 344 g/mol. The molecule has 4 saturated carbocycles. The summed E-state index contributed by atoms with van der Waals surface area (Å²) in [5.74, 6) is 5.86. The quantitative estimate of drug-likeness (QED) is 0.587. The molecular formula is C26H46O2. The normalized spacial score (nSPS) is 49.4. The van der Waals surface area contributed by atoms with Crippen LogP contribution in [0.4, 0.5) is 0 Å². The van der Waals surface area contributed by atoms with Crippen molar-refractivity contribution in [2.75, 3.05) is 0 Å². The Hall–Kier alpha value is -0.0800. The number of hydrogen-bond acceptors (Lipinski definition) is 2. The van der Waals surface area contributed by atoms with E-state index in [0.29, 0.717) is 11.3 Å². The first-order valence-electron chi connectivity index (χ1n) is 12.6. The zero-order valence-electron chi connectivity index (χ0n) is 19.0. The van der Waals surface area contributed by atoms with Gasteiger partial charge in [0, 0.05) is 0 Å². The highest BCUT2D eigenvalue weighted by molar-refractivity contribution is 5.06. The van der Waals surface area contributed by atoms with Crippen LogP contribution >= 0.6 is 0 Å². The molecule has 4 fully saturated rings. The van der Waals surface area contributed by atoms with Crippen LogP contribution in [0.5, 0.6) is 0 Å². The van der Waals surface area contributed by atoms with Gasteiger partial charge in [0.2, 0.25) is 0 Å². The highest BCUT2D eigenvalue weighted by Crippen LogP contribution is 2.65. The van der Waals surface area contributed by atoms with Crippen LogP contribution in [0, 0.1) is 46.8 Å². The van der Waals surface area contributed by atoms with Gasteiger partial charge in [-0.2, -0.15) is 0 Å². The van der Waals surface area contributed by atoms with Crippen molar-refractivity contribution in [3.63, 3.8) is 0 Å². The zero-order chi connectivity index (χ0) is 20.1. The Balaban J connectivity index is 1.38. The fourth-order valence-electron chi connectivity index (χ4n) is 8.57. The van der Waals surface area contributed by atoms with Gasteiger partial charge in [-0.1, -0.05) is 27.2 Å². The molecule has 0 aromatic rings. The molecule has 9 atom stereocenters. The molecule has 0 aromatic carbocycles. The van der Waals surface area contributed by atoms with Gasteiger partial charge in [-0.25, -0.2) is 0 Å². The number of hydrogen-bond donors (Lipinski definition) is 2. The van der Waals surface area contributed by atoms with E-state index < -0.39 is 5.60 Å². The molecule has 2 nitrogen and oxygen atoms in total. The second-order valence-electron chi connectivity index (χ2n) is 12.2. The molecule has 7 unspecified atom stereocenters. The molecule has 0 bridgehead atoms. The number of fused-ring (bicyclic) bond motifs is 5. The fourth-order valence-corrected chi connectivity index (χ4v) is 8.57. The van der Waals surface area contributed by atoms with Crippen LogP contribution in [0.3, 0.4) is 0 Å². The molecule has 4 aliphatic rings. The van der Waals surface area contributed by atoms with Crippen LogP contribution in [0.25, 0.3) is 0 Å². The Morgan fingerprint density at radius 2 is 1.64 bits per heavy atom. The second-order valence-corrected chi connectivity index (χ2v) is 12.2. The van der Waals surface area contributed by atoms with Gasteiger partial charge >= 0.3 is 0 Å². The first-order valence-corrected chi connectivity index (χ1v) is 12.6. The first kappa shape index (κ1) is 21.2. The van der Waals surface area contributed by atoms with Crippen LogP contribution in [0.15, 0.2) is 0 Å². The van der Waals surface area contributed by atoms with Gasteiger partial charge in [-0.15, -0.1) is 0 Å². The number of aliphatic hydroxyl groups is 2. The Labute approximate surface area is 173 Å². The zero-order valence-corrected chi connectivity index (χ0v) is 19.0. The van der Waals surface area contributed by atoms with Gasteiger partial charge in [-0.05, 0) is 124 Å². The SMILES string of the molecule is CC(C)C(O)CCC[C@H]1CCC2C3CCC4C[C@@](C)(O)CCC4C3CCC21C. The van der Waals surface area contributed by atoms with Crippen LogP contribution in [0.2, 0.25) is 0 Å². The average Bonchev–Trinajstić information content (AvgIpc) is 2.97. The lowest BCUT2D eigenvalue weighted by molar-refractivity contribution is -0.100. The molecule has 0 radical (unpaired) electrons. The summed E-state index contributed by atoms with van der Waals surface area (Å²) in [5, 5.41) is 20.8. The smallest absolute Gasteiger partial charge is 0.0622 e. The molecule has 0 aliphatic heterocycles. The Morgan fingerprint density at radius 3 is 2.39 bits per heavy atom. The summed E-state index contributed by atoms with van der Waals surface area (Å²) in [5.41, 5.74) is 0.174. The van der Waals surface area contributed by atoms with Crippen molar-refractivity contribution in [1.29, 1.82) is 0 Å². The van der Waals surface area contributed by atoms with Crippen LogP contribution < -0.4 is 0 Å². The molecule has 0 saturated heterocycles. The van der Waals surface area contributed by atoms with E-state index in [4.69, 9.17) is 0 Å². The monoisotopic (exact) mass is 390 g/mol. The van der Waals surface area contributed by atoms with E-state index in [1.807, 2.05) is 0 Å². The minimum atomic E-state index is -0.393. The third-order valence-electron chi connectivity index (χ3n) is 10.3. The standard InChI is InChI=1S/C26H46O2/c1-17(2)24(27)7-5-6-19-9-11-23-22-10-8-18-16-25(3,28)14-12-20(18)21(22)13-15-26(19,23)4/h17-24,27-28H,5-16H2,1-4H3/t18?,19-,20?,21?,22?,23?,24?,25-,26?/m0/s1. The molecule has 0 amide bonds. The van der Waals surface area contributed by atoms with E-state index in [1.165, 1.54) is 57.8 Å². The fraction of sp³-hybridized carbons (Fsp3) is 1.00. The van der Waals surface area contributed by atoms with E-state index >= 15 is 0 Å². The van der Waals surface area contributed by atoms with Crippen molar-refractivity contribution < 1.29 is 10.2 Å². The highest BCUT2D eigenvalue weighted by Gasteiger charge is 2.57. The van der Waals surface area contributed by atoms with Crippen molar-refractivity contribution in [2.45, 2.75) is 116 Å². The molecule has 4 aliphatic carbocycles.